The number of aromatic nitrogens is 2. The lowest BCUT2D eigenvalue weighted by Gasteiger charge is -2.24. The van der Waals surface area contributed by atoms with Crippen LogP contribution in [0, 0.1) is 11.8 Å². The van der Waals surface area contributed by atoms with E-state index in [-0.39, 0.29) is 17.7 Å². The summed E-state index contributed by atoms with van der Waals surface area (Å²) < 4.78 is 1.71. The second-order valence-electron chi connectivity index (χ2n) is 7.66. The Hall–Kier alpha value is -1.89. The van der Waals surface area contributed by atoms with Gasteiger partial charge in [0.15, 0.2) is 0 Å². The number of likely N-dealkylation sites (tertiary alicyclic amines) is 3. The van der Waals surface area contributed by atoms with Crippen LogP contribution in [0.4, 0.5) is 0 Å². The molecule has 136 valence electrons. The highest BCUT2D eigenvalue weighted by Crippen LogP contribution is 2.32. The molecule has 3 aliphatic heterocycles. The summed E-state index contributed by atoms with van der Waals surface area (Å²) in [5.74, 6) is 0.645. The fourth-order valence-corrected chi connectivity index (χ4v) is 4.44. The van der Waals surface area contributed by atoms with Crippen molar-refractivity contribution in [3.8, 4) is 0 Å². The van der Waals surface area contributed by atoms with Crippen molar-refractivity contribution in [2.75, 3.05) is 45.8 Å². The van der Waals surface area contributed by atoms with Crippen molar-refractivity contribution in [3.63, 3.8) is 0 Å². The van der Waals surface area contributed by atoms with Gasteiger partial charge in [0.1, 0.15) is 0 Å². The first-order valence-corrected chi connectivity index (χ1v) is 9.37. The minimum atomic E-state index is 0.00580. The molecule has 1 aromatic heterocycles. The maximum atomic E-state index is 12.7. The number of amides is 2. The van der Waals surface area contributed by atoms with Gasteiger partial charge in [0.05, 0.1) is 18.0 Å². The summed E-state index contributed by atoms with van der Waals surface area (Å²) >= 11 is 0. The molecule has 0 spiro atoms. The van der Waals surface area contributed by atoms with Crippen LogP contribution < -0.4 is 0 Å². The van der Waals surface area contributed by atoms with Crippen molar-refractivity contribution in [1.29, 1.82) is 0 Å². The Kier molecular flexibility index (Phi) is 4.50. The summed E-state index contributed by atoms with van der Waals surface area (Å²) in [6.07, 6.45) is 4.75. The summed E-state index contributed by atoms with van der Waals surface area (Å²) in [4.78, 5) is 31.5. The smallest absolute Gasteiger partial charge is 0.228 e. The van der Waals surface area contributed by atoms with Crippen LogP contribution in [-0.4, -0.2) is 82.1 Å². The van der Waals surface area contributed by atoms with Crippen LogP contribution >= 0.6 is 0 Å². The van der Waals surface area contributed by atoms with Gasteiger partial charge in [0.25, 0.3) is 0 Å². The van der Waals surface area contributed by atoms with E-state index < -0.39 is 0 Å². The first kappa shape index (κ1) is 16.6. The van der Waals surface area contributed by atoms with Crippen molar-refractivity contribution in [3.05, 3.63) is 18.0 Å². The Labute approximate surface area is 148 Å². The lowest BCUT2D eigenvalue weighted by Crippen LogP contribution is -2.39. The number of carbonyl (C=O) groups excluding carboxylic acids is 2. The molecule has 25 heavy (non-hydrogen) atoms. The van der Waals surface area contributed by atoms with E-state index in [4.69, 9.17) is 0 Å². The molecule has 3 aliphatic rings. The van der Waals surface area contributed by atoms with Crippen molar-refractivity contribution >= 4 is 11.8 Å². The standard InChI is InChI=1S/C18H27N5O2/c1-20-7-4-15(19-20)10-17(24)23-12-14-11-22(18(25)16(14)13-23)9-8-21-5-2-3-6-21/h4,7,14,16H,2-3,5-6,8-13H2,1H3/t14-,16+/m1/s1. The molecule has 3 fully saturated rings. The fourth-order valence-electron chi connectivity index (χ4n) is 4.44. The molecular weight excluding hydrogens is 318 g/mol. The summed E-state index contributed by atoms with van der Waals surface area (Å²) in [5.41, 5.74) is 0.795. The van der Waals surface area contributed by atoms with Crippen LogP contribution in [0.15, 0.2) is 12.3 Å². The van der Waals surface area contributed by atoms with Gasteiger partial charge in [0, 0.05) is 51.9 Å². The molecule has 2 atom stereocenters. The predicted molar refractivity (Wildman–Crippen MR) is 92.7 cm³/mol. The summed E-state index contributed by atoms with van der Waals surface area (Å²) in [6.45, 7) is 6.28. The van der Waals surface area contributed by atoms with Gasteiger partial charge in [-0.15, -0.1) is 0 Å². The maximum absolute atomic E-state index is 12.7. The SMILES string of the molecule is Cn1ccc(CC(=O)N2C[C@H]3CN(CCN4CCCC4)C(=O)[C@H]3C2)n1. The molecule has 0 bridgehead atoms. The zero-order valence-corrected chi connectivity index (χ0v) is 14.9. The number of fused-ring (bicyclic) bond motifs is 1. The highest BCUT2D eigenvalue weighted by atomic mass is 16.2. The molecule has 2 amide bonds. The quantitative estimate of drug-likeness (QED) is 0.752. The van der Waals surface area contributed by atoms with Crippen LogP contribution in [0.25, 0.3) is 0 Å². The highest BCUT2D eigenvalue weighted by Gasteiger charge is 2.47. The third kappa shape index (κ3) is 3.42. The second kappa shape index (κ2) is 6.78. The topological polar surface area (TPSA) is 61.7 Å². The van der Waals surface area contributed by atoms with Crippen molar-refractivity contribution in [2.45, 2.75) is 19.3 Å². The van der Waals surface area contributed by atoms with E-state index in [1.165, 1.54) is 25.9 Å². The van der Waals surface area contributed by atoms with Crippen LogP contribution in [0.5, 0.6) is 0 Å². The van der Waals surface area contributed by atoms with Crippen molar-refractivity contribution < 1.29 is 9.59 Å². The van der Waals surface area contributed by atoms with E-state index in [0.29, 0.717) is 25.4 Å². The fraction of sp³-hybridized carbons (Fsp3) is 0.722. The lowest BCUT2D eigenvalue weighted by molar-refractivity contribution is -0.133. The normalized spacial score (nSPS) is 26.7. The van der Waals surface area contributed by atoms with Crippen LogP contribution in [0.3, 0.4) is 0 Å². The first-order valence-electron chi connectivity index (χ1n) is 9.37. The molecule has 7 heteroatoms. The Bertz CT molecular complexity index is 652. The third-order valence-corrected chi connectivity index (χ3v) is 5.86. The van der Waals surface area contributed by atoms with Gasteiger partial charge in [-0.05, 0) is 32.0 Å². The van der Waals surface area contributed by atoms with E-state index >= 15 is 0 Å². The molecule has 7 nitrogen and oxygen atoms in total. The van der Waals surface area contributed by atoms with Gasteiger partial charge in [-0.2, -0.15) is 5.10 Å². The molecule has 0 saturated carbocycles. The Balaban J connectivity index is 1.28. The molecular formula is C18H27N5O2. The number of hydrogen-bond acceptors (Lipinski definition) is 4. The number of aryl methyl sites for hydroxylation is 1. The molecule has 4 rings (SSSR count). The van der Waals surface area contributed by atoms with Gasteiger partial charge in [-0.25, -0.2) is 0 Å². The largest absolute Gasteiger partial charge is 0.341 e. The molecule has 1 aromatic rings. The van der Waals surface area contributed by atoms with Gasteiger partial charge in [0.2, 0.25) is 11.8 Å². The molecule has 0 aliphatic carbocycles. The molecule has 0 aromatic carbocycles. The lowest BCUT2D eigenvalue weighted by atomic mass is 10.0. The molecule has 0 radical (unpaired) electrons. The van der Waals surface area contributed by atoms with E-state index in [1.807, 2.05) is 29.1 Å². The summed E-state index contributed by atoms with van der Waals surface area (Å²) in [7, 11) is 1.85. The second-order valence-corrected chi connectivity index (χ2v) is 7.66. The Morgan fingerprint density at radius 2 is 2.00 bits per heavy atom. The van der Waals surface area contributed by atoms with Gasteiger partial charge >= 0.3 is 0 Å². The molecule has 3 saturated heterocycles. The Morgan fingerprint density at radius 1 is 1.20 bits per heavy atom. The molecule has 0 N–H and O–H groups in total. The number of rotatable bonds is 5. The van der Waals surface area contributed by atoms with Gasteiger partial charge in [-0.3, -0.25) is 14.3 Å². The van der Waals surface area contributed by atoms with E-state index in [0.717, 1.165) is 25.3 Å². The highest BCUT2D eigenvalue weighted by molar-refractivity contribution is 5.85. The van der Waals surface area contributed by atoms with Crippen LogP contribution in [0.2, 0.25) is 0 Å². The summed E-state index contributed by atoms with van der Waals surface area (Å²) in [6, 6.07) is 1.88. The van der Waals surface area contributed by atoms with Crippen LogP contribution in [-0.2, 0) is 23.1 Å². The average Bonchev–Trinajstić information content (AvgIpc) is 3.33. The third-order valence-electron chi connectivity index (χ3n) is 5.86. The van der Waals surface area contributed by atoms with Crippen molar-refractivity contribution in [1.82, 2.24) is 24.5 Å². The zero-order valence-electron chi connectivity index (χ0n) is 14.9. The Morgan fingerprint density at radius 3 is 2.68 bits per heavy atom. The van der Waals surface area contributed by atoms with E-state index in [1.54, 1.807) is 4.68 Å². The number of nitrogens with zero attached hydrogens (tertiary/aromatic N) is 5. The number of hydrogen-bond donors (Lipinski definition) is 0. The van der Waals surface area contributed by atoms with Gasteiger partial charge in [-0.1, -0.05) is 0 Å². The average molecular weight is 345 g/mol. The minimum Gasteiger partial charge on any atom is -0.341 e. The number of carbonyl (C=O) groups is 2. The minimum absolute atomic E-state index is 0.00580. The zero-order chi connectivity index (χ0) is 17.4. The molecule has 0 unspecified atom stereocenters. The van der Waals surface area contributed by atoms with Crippen LogP contribution in [0.1, 0.15) is 18.5 Å². The van der Waals surface area contributed by atoms with Crippen molar-refractivity contribution in [2.24, 2.45) is 18.9 Å². The van der Waals surface area contributed by atoms with E-state index in [9.17, 15) is 9.59 Å². The maximum Gasteiger partial charge on any atom is 0.228 e. The monoisotopic (exact) mass is 345 g/mol. The van der Waals surface area contributed by atoms with E-state index in [2.05, 4.69) is 10.00 Å². The first-order chi connectivity index (χ1) is 12.1. The summed E-state index contributed by atoms with van der Waals surface area (Å²) in [5, 5.41) is 4.27. The van der Waals surface area contributed by atoms with Gasteiger partial charge < -0.3 is 14.7 Å². The predicted octanol–water partition coefficient (Wildman–Crippen LogP) is -0.0248. The molecule has 4 heterocycles.